The van der Waals surface area contributed by atoms with Crippen LogP contribution in [-0.2, 0) is 17.8 Å². The monoisotopic (exact) mass is 262 g/mol. The molecule has 1 unspecified atom stereocenters. The molecular formula is C14H18N2OS. The Morgan fingerprint density at radius 2 is 2.39 bits per heavy atom. The summed E-state index contributed by atoms with van der Waals surface area (Å²) in [6.07, 6.45) is 3.19. The van der Waals surface area contributed by atoms with Crippen LogP contribution in [0.15, 0.2) is 18.2 Å². The lowest BCUT2D eigenvalue weighted by Gasteiger charge is -2.21. The predicted molar refractivity (Wildman–Crippen MR) is 76.0 cm³/mol. The zero-order valence-corrected chi connectivity index (χ0v) is 11.2. The van der Waals surface area contributed by atoms with E-state index in [1.807, 2.05) is 12.1 Å². The minimum absolute atomic E-state index is 0.155. The van der Waals surface area contributed by atoms with Crippen molar-refractivity contribution in [2.45, 2.75) is 31.1 Å². The summed E-state index contributed by atoms with van der Waals surface area (Å²) in [4.78, 5) is 12.2. The van der Waals surface area contributed by atoms with Gasteiger partial charge in [-0.1, -0.05) is 12.1 Å². The second-order valence-corrected chi connectivity index (χ2v) is 6.17. The van der Waals surface area contributed by atoms with Gasteiger partial charge < -0.3 is 10.6 Å². The van der Waals surface area contributed by atoms with E-state index in [0.717, 1.165) is 37.4 Å². The smallest absolute Gasteiger partial charge is 0.237 e. The van der Waals surface area contributed by atoms with E-state index in [1.165, 1.54) is 17.5 Å². The molecule has 0 aliphatic carbocycles. The van der Waals surface area contributed by atoms with Gasteiger partial charge in [-0.3, -0.25) is 4.79 Å². The number of hydrogen-bond acceptors (Lipinski definition) is 3. The Morgan fingerprint density at radius 1 is 1.44 bits per heavy atom. The van der Waals surface area contributed by atoms with Gasteiger partial charge in [0.1, 0.15) is 0 Å². The number of hydrogen-bond donors (Lipinski definition) is 2. The highest BCUT2D eigenvalue weighted by atomic mass is 32.2. The molecule has 3 rings (SSSR count). The van der Waals surface area contributed by atoms with Crippen LogP contribution in [0.1, 0.15) is 24.0 Å². The number of amides is 1. The Hall–Kier alpha value is -1.00. The van der Waals surface area contributed by atoms with Crippen molar-refractivity contribution in [2.24, 2.45) is 0 Å². The third-order valence-electron chi connectivity index (χ3n) is 3.62. The third kappa shape index (κ3) is 2.40. The van der Waals surface area contributed by atoms with Crippen LogP contribution in [0.4, 0.5) is 5.69 Å². The van der Waals surface area contributed by atoms with Gasteiger partial charge in [0.2, 0.25) is 5.91 Å². The van der Waals surface area contributed by atoms with Gasteiger partial charge in [0, 0.05) is 12.2 Å². The van der Waals surface area contributed by atoms with E-state index in [1.54, 1.807) is 11.8 Å². The zero-order valence-electron chi connectivity index (χ0n) is 10.4. The summed E-state index contributed by atoms with van der Waals surface area (Å²) in [5, 5.41) is 6.64. The molecule has 0 radical (unpaired) electrons. The predicted octanol–water partition coefficient (Wildman–Crippen LogP) is 2.17. The summed E-state index contributed by atoms with van der Waals surface area (Å²) in [6, 6.07) is 6.20. The number of benzene rings is 1. The van der Waals surface area contributed by atoms with E-state index < -0.39 is 0 Å². The zero-order chi connectivity index (χ0) is 12.4. The molecule has 1 fully saturated rings. The van der Waals surface area contributed by atoms with Gasteiger partial charge in [-0.15, -0.1) is 11.8 Å². The summed E-state index contributed by atoms with van der Waals surface area (Å²) in [5.41, 5.74) is 3.65. The third-order valence-corrected chi connectivity index (χ3v) is 5.00. The average molecular weight is 262 g/mol. The molecule has 0 saturated carbocycles. The van der Waals surface area contributed by atoms with Gasteiger partial charge in [0.05, 0.1) is 5.25 Å². The number of carbonyl (C=O) groups is 1. The number of anilines is 1. The first-order valence-electron chi connectivity index (χ1n) is 6.58. The van der Waals surface area contributed by atoms with Crippen molar-refractivity contribution in [3.8, 4) is 0 Å². The first kappa shape index (κ1) is 12.1. The van der Waals surface area contributed by atoms with Crippen LogP contribution in [0.25, 0.3) is 0 Å². The standard InChI is InChI=1S/C14H18N2OS/c17-14(13-5-2-8-18-13)16-12-4-1-3-10-9-15-7-6-11(10)12/h1,3-4,13,15H,2,5-9H2,(H,16,17). The number of thioether (sulfide) groups is 1. The number of nitrogens with one attached hydrogen (secondary N) is 2. The molecule has 0 spiro atoms. The Morgan fingerprint density at radius 3 is 3.22 bits per heavy atom. The van der Waals surface area contributed by atoms with Crippen molar-refractivity contribution in [1.82, 2.24) is 5.32 Å². The van der Waals surface area contributed by atoms with Gasteiger partial charge in [-0.05, 0) is 48.8 Å². The van der Waals surface area contributed by atoms with E-state index in [-0.39, 0.29) is 11.2 Å². The normalized spacial score (nSPS) is 22.6. The fourth-order valence-corrected chi connectivity index (χ4v) is 3.81. The van der Waals surface area contributed by atoms with Crippen molar-refractivity contribution in [2.75, 3.05) is 17.6 Å². The fourth-order valence-electron chi connectivity index (χ4n) is 2.65. The Balaban J connectivity index is 1.77. The van der Waals surface area contributed by atoms with Crippen molar-refractivity contribution >= 4 is 23.4 Å². The van der Waals surface area contributed by atoms with Gasteiger partial charge in [0.15, 0.2) is 0 Å². The highest BCUT2D eigenvalue weighted by molar-refractivity contribution is 8.00. The molecule has 1 amide bonds. The number of rotatable bonds is 2. The first-order chi connectivity index (χ1) is 8.84. The molecular weight excluding hydrogens is 244 g/mol. The molecule has 1 aromatic rings. The maximum atomic E-state index is 12.2. The molecule has 2 aliphatic rings. The Kier molecular flexibility index (Phi) is 3.57. The van der Waals surface area contributed by atoms with Crippen LogP contribution < -0.4 is 10.6 Å². The molecule has 4 heteroatoms. The number of fused-ring (bicyclic) bond motifs is 1. The van der Waals surface area contributed by atoms with Crippen molar-refractivity contribution < 1.29 is 4.79 Å². The maximum absolute atomic E-state index is 12.2. The van der Waals surface area contributed by atoms with Crippen LogP contribution >= 0.6 is 11.8 Å². The molecule has 0 aromatic heterocycles. The molecule has 2 heterocycles. The molecule has 1 atom stereocenters. The lowest BCUT2D eigenvalue weighted by Crippen LogP contribution is -2.27. The lowest BCUT2D eigenvalue weighted by atomic mass is 9.99. The van der Waals surface area contributed by atoms with E-state index in [2.05, 4.69) is 16.7 Å². The summed E-state index contributed by atoms with van der Waals surface area (Å²) in [6.45, 7) is 1.91. The SMILES string of the molecule is O=C(Nc1cccc2c1CCNC2)C1CCCS1. The fraction of sp³-hybridized carbons (Fsp3) is 0.500. The molecule has 96 valence electrons. The maximum Gasteiger partial charge on any atom is 0.237 e. The van der Waals surface area contributed by atoms with Crippen molar-refractivity contribution in [3.63, 3.8) is 0 Å². The van der Waals surface area contributed by atoms with E-state index in [4.69, 9.17) is 0 Å². The van der Waals surface area contributed by atoms with Gasteiger partial charge >= 0.3 is 0 Å². The average Bonchev–Trinajstić information content (AvgIpc) is 2.93. The summed E-state index contributed by atoms with van der Waals surface area (Å²) in [5.74, 6) is 1.30. The summed E-state index contributed by atoms with van der Waals surface area (Å²) >= 11 is 1.78. The largest absolute Gasteiger partial charge is 0.325 e. The van der Waals surface area contributed by atoms with Crippen LogP contribution in [0.5, 0.6) is 0 Å². The van der Waals surface area contributed by atoms with E-state index in [0.29, 0.717) is 0 Å². The van der Waals surface area contributed by atoms with E-state index >= 15 is 0 Å². The highest BCUT2D eigenvalue weighted by Crippen LogP contribution is 2.29. The van der Waals surface area contributed by atoms with Crippen LogP contribution in [0, 0.1) is 0 Å². The van der Waals surface area contributed by atoms with Crippen molar-refractivity contribution in [3.05, 3.63) is 29.3 Å². The van der Waals surface area contributed by atoms with Crippen LogP contribution in [0.3, 0.4) is 0 Å². The molecule has 0 bridgehead atoms. The van der Waals surface area contributed by atoms with Crippen LogP contribution in [0.2, 0.25) is 0 Å². The lowest BCUT2D eigenvalue weighted by molar-refractivity contribution is -0.115. The first-order valence-corrected chi connectivity index (χ1v) is 7.63. The quantitative estimate of drug-likeness (QED) is 0.858. The molecule has 3 nitrogen and oxygen atoms in total. The summed E-state index contributed by atoms with van der Waals surface area (Å²) in [7, 11) is 0. The van der Waals surface area contributed by atoms with Crippen LogP contribution in [-0.4, -0.2) is 23.5 Å². The number of carbonyl (C=O) groups excluding carboxylic acids is 1. The van der Waals surface area contributed by atoms with Crippen molar-refractivity contribution in [1.29, 1.82) is 0 Å². The second kappa shape index (κ2) is 5.33. The molecule has 1 aromatic carbocycles. The molecule has 2 aliphatic heterocycles. The highest BCUT2D eigenvalue weighted by Gasteiger charge is 2.24. The molecule has 1 saturated heterocycles. The van der Waals surface area contributed by atoms with Gasteiger partial charge in [-0.25, -0.2) is 0 Å². The molecule has 18 heavy (non-hydrogen) atoms. The van der Waals surface area contributed by atoms with Gasteiger partial charge in [-0.2, -0.15) is 0 Å². The minimum Gasteiger partial charge on any atom is -0.325 e. The summed E-state index contributed by atoms with van der Waals surface area (Å²) < 4.78 is 0. The van der Waals surface area contributed by atoms with E-state index in [9.17, 15) is 4.79 Å². The minimum atomic E-state index is 0.155. The van der Waals surface area contributed by atoms with Gasteiger partial charge in [0.25, 0.3) is 0 Å². The Bertz CT molecular complexity index is 455. The Labute approximate surface area is 112 Å². The topological polar surface area (TPSA) is 41.1 Å². The second-order valence-electron chi connectivity index (χ2n) is 4.86. The molecule has 2 N–H and O–H groups in total.